The van der Waals surface area contributed by atoms with Crippen LogP contribution < -0.4 is 14.4 Å². The van der Waals surface area contributed by atoms with E-state index in [1.165, 1.54) is 15.3 Å². The maximum Gasteiger partial charge on any atom is 0.232 e. The molecule has 1 aromatic carbocycles. The normalized spacial score (nSPS) is 11.4. The Morgan fingerprint density at radius 3 is 2.44 bits per heavy atom. The maximum atomic E-state index is 6.27. The van der Waals surface area contributed by atoms with Crippen LogP contribution in [0, 0.1) is 20.8 Å². The minimum absolute atomic E-state index is 0.616. The lowest BCUT2D eigenvalue weighted by Gasteiger charge is -2.16. The lowest BCUT2D eigenvalue weighted by atomic mass is 10.2. The number of rotatable bonds is 7. The number of hydrogen-bond acceptors (Lipinski definition) is 5. The molecule has 0 saturated carbocycles. The van der Waals surface area contributed by atoms with Gasteiger partial charge in [-0.15, -0.1) is 11.3 Å². The summed E-state index contributed by atoms with van der Waals surface area (Å²) in [6.07, 6.45) is 0. The Balaban J connectivity index is 2.09. The van der Waals surface area contributed by atoms with Gasteiger partial charge < -0.3 is 14.4 Å². The second-order valence-corrected chi connectivity index (χ2v) is 8.00. The third-order valence-electron chi connectivity index (χ3n) is 4.98. The van der Waals surface area contributed by atoms with E-state index >= 15 is 0 Å². The Kier molecular flexibility index (Phi) is 5.97. The zero-order chi connectivity index (χ0) is 19.6. The molecule has 144 valence electrons. The van der Waals surface area contributed by atoms with E-state index in [0.29, 0.717) is 17.4 Å². The van der Waals surface area contributed by atoms with Crippen molar-refractivity contribution in [3.63, 3.8) is 0 Å². The highest BCUT2D eigenvalue weighted by molar-refractivity contribution is 7.18. The molecule has 0 aliphatic carbocycles. The lowest BCUT2D eigenvalue weighted by Crippen LogP contribution is -3.10. The van der Waals surface area contributed by atoms with Crippen molar-refractivity contribution in [2.75, 3.05) is 20.2 Å². The monoisotopic (exact) mass is 386 g/mol. The second-order valence-electron chi connectivity index (χ2n) is 6.80. The average Bonchev–Trinajstić information content (AvgIpc) is 2.95. The smallest absolute Gasteiger partial charge is 0.232 e. The number of methoxy groups -OCH3 is 1. The quantitative estimate of drug-likeness (QED) is 0.670. The van der Waals surface area contributed by atoms with Crippen molar-refractivity contribution in [3.8, 4) is 17.4 Å². The standard InChI is InChI=1S/C21H27N3O2S/c1-7-24(8-2)12-18-22-20(19-14(4)15(5)27-21(19)23-18)26-16-10-9-13(3)11-17(16)25-6/h9-11H,7-8,12H2,1-6H3/p+1. The molecule has 0 unspecified atom stereocenters. The third-order valence-corrected chi connectivity index (χ3v) is 6.08. The van der Waals surface area contributed by atoms with Gasteiger partial charge in [-0.2, -0.15) is 4.98 Å². The van der Waals surface area contributed by atoms with Crippen LogP contribution in [0.1, 0.15) is 35.7 Å². The zero-order valence-electron chi connectivity index (χ0n) is 17.0. The largest absolute Gasteiger partial charge is 0.493 e. The number of aryl methyl sites for hydroxylation is 3. The van der Waals surface area contributed by atoms with E-state index in [0.717, 1.165) is 41.2 Å². The molecule has 3 aromatic rings. The predicted molar refractivity (Wildman–Crippen MR) is 110 cm³/mol. The first-order chi connectivity index (χ1) is 13.0. The first kappa shape index (κ1) is 19.6. The molecule has 0 fully saturated rings. The van der Waals surface area contributed by atoms with Crippen LogP contribution in [0.25, 0.3) is 10.2 Å². The number of thiophene rings is 1. The van der Waals surface area contributed by atoms with Crippen LogP contribution in [0.4, 0.5) is 0 Å². The number of nitrogens with zero attached hydrogens (tertiary/aromatic N) is 2. The number of ether oxygens (including phenoxy) is 2. The molecule has 5 nitrogen and oxygen atoms in total. The zero-order valence-corrected chi connectivity index (χ0v) is 17.8. The van der Waals surface area contributed by atoms with Crippen molar-refractivity contribution < 1.29 is 14.4 Å². The summed E-state index contributed by atoms with van der Waals surface area (Å²) in [5, 5.41) is 0.999. The molecule has 0 saturated heterocycles. The molecule has 0 radical (unpaired) electrons. The molecule has 1 N–H and O–H groups in total. The molecule has 2 aromatic heterocycles. The van der Waals surface area contributed by atoms with E-state index in [1.807, 2.05) is 25.1 Å². The fourth-order valence-electron chi connectivity index (χ4n) is 3.09. The van der Waals surface area contributed by atoms with Crippen LogP contribution in [-0.2, 0) is 6.54 Å². The van der Waals surface area contributed by atoms with Gasteiger partial charge in [0.05, 0.1) is 25.6 Å². The summed E-state index contributed by atoms with van der Waals surface area (Å²) in [5.74, 6) is 2.82. The highest BCUT2D eigenvalue weighted by Crippen LogP contribution is 2.38. The molecule has 0 spiro atoms. The number of nitrogens with one attached hydrogen (secondary N) is 1. The first-order valence-electron chi connectivity index (χ1n) is 9.39. The van der Waals surface area contributed by atoms with E-state index < -0.39 is 0 Å². The van der Waals surface area contributed by atoms with E-state index in [9.17, 15) is 0 Å². The van der Waals surface area contributed by atoms with E-state index in [-0.39, 0.29) is 0 Å². The van der Waals surface area contributed by atoms with Crippen molar-refractivity contribution in [2.24, 2.45) is 0 Å². The summed E-state index contributed by atoms with van der Waals surface area (Å²) in [5.41, 5.74) is 2.30. The Bertz CT molecular complexity index is 948. The number of hydrogen-bond donors (Lipinski definition) is 1. The SMILES string of the molecule is CC[NH+](CC)Cc1nc(Oc2ccc(C)cc2OC)c2c(C)c(C)sc2n1. The first-order valence-corrected chi connectivity index (χ1v) is 10.2. The third kappa shape index (κ3) is 4.06. The molecule has 6 heteroatoms. The van der Waals surface area contributed by atoms with Gasteiger partial charge in [0.25, 0.3) is 0 Å². The van der Waals surface area contributed by atoms with E-state index in [2.05, 4.69) is 27.7 Å². The summed E-state index contributed by atoms with van der Waals surface area (Å²) in [4.78, 5) is 13.3. The van der Waals surface area contributed by atoms with Crippen LogP contribution in [0.15, 0.2) is 18.2 Å². The Hall–Kier alpha value is -2.18. The van der Waals surface area contributed by atoms with Gasteiger partial charge in [0, 0.05) is 4.88 Å². The van der Waals surface area contributed by atoms with Crippen molar-refractivity contribution in [1.82, 2.24) is 9.97 Å². The van der Waals surface area contributed by atoms with Gasteiger partial charge in [0.15, 0.2) is 17.3 Å². The molecule has 0 bridgehead atoms. The van der Waals surface area contributed by atoms with Gasteiger partial charge in [0.2, 0.25) is 5.88 Å². The number of aromatic nitrogens is 2. The summed E-state index contributed by atoms with van der Waals surface area (Å²) in [6, 6.07) is 5.93. The fraction of sp³-hybridized carbons (Fsp3) is 0.429. The van der Waals surface area contributed by atoms with Gasteiger partial charge in [-0.25, -0.2) is 4.98 Å². The van der Waals surface area contributed by atoms with E-state index in [4.69, 9.17) is 19.4 Å². The van der Waals surface area contributed by atoms with Gasteiger partial charge in [-0.3, -0.25) is 0 Å². The predicted octanol–water partition coefficient (Wildman–Crippen LogP) is 3.84. The van der Waals surface area contributed by atoms with Crippen LogP contribution in [0.2, 0.25) is 0 Å². The van der Waals surface area contributed by atoms with Crippen LogP contribution in [-0.4, -0.2) is 30.2 Å². The molecular weight excluding hydrogens is 358 g/mol. The molecule has 0 aliphatic rings. The highest BCUT2D eigenvalue weighted by atomic mass is 32.1. The van der Waals surface area contributed by atoms with Crippen LogP contribution >= 0.6 is 11.3 Å². The number of fused-ring (bicyclic) bond motifs is 1. The molecular formula is C21H28N3O2S+. The lowest BCUT2D eigenvalue weighted by molar-refractivity contribution is -0.910. The van der Waals surface area contributed by atoms with Crippen molar-refractivity contribution in [3.05, 3.63) is 40.0 Å². The van der Waals surface area contributed by atoms with E-state index in [1.54, 1.807) is 18.4 Å². The Morgan fingerprint density at radius 1 is 1.04 bits per heavy atom. The fourth-order valence-corrected chi connectivity index (χ4v) is 4.13. The Morgan fingerprint density at radius 2 is 1.78 bits per heavy atom. The van der Waals surface area contributed by atoms with Crippen LogP contribution in [0.5, 0.6) is 17.4 Å². The van der Waals surface area contributed by atoms with Gasteiger partial charge in [-0.05, 0) is 57.9 Å². The molecule has 0 atom stereocenters. The summed E-state index contributed by atoms with van der Waals surface area (Å²) in [6.45, 7) is 13.5. The van der Waals surface area contributed by atoms with Gasteiger partial charge >= 0.3 is 0 Å². The topological polar surface area (TPSA) is 48.7 Å². The molecule has 2 heterocycles. The molecule has 0 amide bonds. The summed E-state index contributed by atoms with van der Waals surface area (Å²) >= 11 is 1.70. The molecule has 0 aliphatic heterocycles. The van der Waals surface area contributed by atoms with Crippen LogP contribution in [0.3, 0.4) is 0 Å². The summed E-state index contributed by atoms with van der Waals surface area (Å²) < 4.78 is 11.8. The second kappa shape index (κ2) is 8.23. The van der Waals surface area contributed by atoms with Crippen molar-refractivity contribution in [1.29, 1.82) is 0 Å². The minimum Gasteiger partial charge on any atom is -0.493 e. The highest BCUT2D eigenvalue weighted by Gasteiger charge is 2.19. The van der Waals surface area contributed by atoms with Gasteiger partial charge in [-0.1, -0.05) is 6.07 Å². The number of quaternary nitrogens is 1. The molecule has 27 heavy (non-hydrogen) atoms. The Labute approximate surface area is 165 Å². The minimum atomic E-state index is 0.616. The maximum absolute atomic E-state index is 6.27. The average molecular weight is 387 g/mol. The summed E-state index contributed by atoms with van der Waals surface area (Å²) in [7, 11) is 1.66. The van der Waals surface area contributed by atoms with Gasteiger partial charge in [0.1, 0.15) is 11.4 Å². The number of benzene rings is 1. The van der Waals surface area contributed by atoms with Crippen molar-refractivity contribution >= 4 is 21.6 Å². The molecule has 3 rings (SSSR count). The van der Waals surface area contributed by atoms with Crippen molar-refractivity contribution in [2.45, 2.75) is 41.2 Å².